The average Bonchev–Trinajstić information content (AvgIpc) is 2.97. The van der Waals surface area contributed by atoms with Crippen LogP contribution in [0.3, 0.4) is 0 Å². The van der Waals surface area contributed by atoms with Gasteiger partial charge in [0.05, 0.1) is 5.52 Å². The first-order valence-electron chi connectivity index (χ1n) is 7.23. The Morgan fingerprint density at radius 3 is 2.60 bits per heavy atom. The van der Waals surface area contributed by atoms with Crippen molar-refractivity contribution in [2.75, 3.05) is 11.9 Å². The molecule has 2 aromatic rings. The number of benzene rings is 1. The summed E-state index contributed by atoms with van der Waals surface area (Å²) < 4.78 is 2.16. The van der Waals surface area contributed by atoms with Crippen LogP contribution in [-0.2, 0) is 0 Å². The van der Waals surface area contributed by atoms with Crippen LogP contribution in [0.5, 0.6) is 0 Å². The largest absolute Gasteiger partial charge is 0.385 e. The van der Waals surface area contributed by atoms with Crippen molar-refractivity contribution in [2.45, 2.75) is 38.5 Å². The van der Waals surface area contributed by atoms with E-state index >= 15 is 0 Å². The van der Waals surface area contributed by atoms with E-state index in [4.69, 9.17) is 4.98 Å². The lowest BCUT2D eigenvalue weighted by Crippen LogP contribution is -2.03. The molecule has 1 aliphatic rings. The van der Waals surface area contributed by atoms with E-state index in [2.05, 4.69) is 62.3 Å². The van der Waals surface area contributed by atoms with E-state index in [-0.39, 0.29) is 0 Å². The van der Waals surface area contributed by atoms with E-state index in [1.807, 2.05) is 0 Å². The SMILES string of the molecule is CCNc1cc(C2CCCC2)nc2c(Br)ccc(Br)c12. The molecule has 106 valence electrons. The van der Waals surface area contributed by atoms with Crippen molar-refractivity contribution in [3.8, 4) is 0 Å². The highest BCUT2D eigenvalue weighted by molar-refractivity contribution is 9.11. The fourth-order valence-electron chi connectivity index (χ4n) is 3.05. The molecule has 2 nitrogen and oxygen atoms in total. The Morgan fingerprint density at radius 1 is 1.20 bits per heavy atom. The van der Waals surface area contributed by atoms with Gasteiger partial charge in [0.15, 0.2) is 0 Å². The molecule has 0 amide bonds. The summed E-state index contributed by atoms with van der Waals surface area (Å²) in [4.78, 5) is 4.94. The molecular formula is C16H18Br2N2. The van der Waals surface area contributed by atoms with Crippen molar-refractivity contribution in [2.24, 2.45) is 0 Å². The molecule has 1 aliphatic carbocycles. The topological polar surface area (TPSA) is 24.9 Å². The molecule has 0 bridgehead atoms. The maximum atomic E-state index is 4.94. The van der Waals surface area contributed by atoms with Crippen LogP contribution >= 0.6 is 31.9 Å². The zero-order valence-electron chi connectivity index (χ0n) is 11.5. The van der Waals surface area contributed by atoms with Gasteiger partial charge in [0.2, 0.25) is 0 Å². The molecule has 3 rings (SSSR count). The third kappa shape index (κ3) is 2.60. The van der Waals surface area contributed by atoms with Crippen LogP contribution in [0, 0.1) is 0 Å². The lowest BCUT2D eigenvalue weighted by atomic mass is 10.0. The number of nitrogens with zero attached hydrogens (tertiary/aromatic N) is 1. The van der Waals surface area contributed by atoms with E-state index in [1.54, 1.807) is 0 Å². The minimum Gasteiger partial charge on any atom is -0.385 e. The van der Waals surface area contributed by atoms with Crippen molar-refractivity contribution >= 4 is 48.5 Å². The minimum absolute atomic E-state index is 0.627. The molecule has 1 saturated carbocycles. The molecule has 0 spiro atoms. The first kappa shape index (κ1) is 14.3. The number of hydrogen-bond acceptors (Lipinski definition) is 2. The monoisotopic (exact) mass is 396 g/mol. The molecule has 1 N–H and O–H groups in total. The third-order valence-corrected chi connectivity index (χ3v) is 5.32. The molecule has 0 atom stereocenters. The smallest absolute Gasteiger partial charge is 0.0879 e. The molecule has 1 aromatic heterocycles. The lowest BCUT2D eigenvalue weighted by Gasteiger charge is -2.16. The maximum absolute atomic E-state index is 4.94. The van der Waals surface area contributed by atoms with Crippen LogP contribution in [0.4, 0.5) is 5.69 Å². The van der Waals surface area contributed by atoms with Crippen molar-refractivity contribution in [1.29, 1.82) is 0 Å². The number of anilines is 1. The second-order valence-corrected chi connectivity index (χ2v) is 7.07. The van der Waals surface area contributed by atoms with E-state index < -0.39 is 0 Å². The van der Waals surface area contributed by atoms with Crippen molar-refractivity contribution < 1.29 is 0 Å². The first-order chi connectivity index (χ1) is 9.70. The van der Waals surface area contributed by atoms with Crippen LogP contribution in [0.15, 0.2) is 27.1 Å². The summed E-state index contributed by atoms with van der Waals surface area (Å²) >= 11 is 7.31. The van der Waals surface area contributed by atoms with Gasteiger partial charge in [0.1, 0.15) is 0 Å². The van der Waals surface area contributed by atoms with Crippen LogP contribution in [0.2, 0.25) is 0 Å². The summed E-state index contributed by atoms with van der Waals surface area (Å²) in [5.41, 5.74) is 3.48. The molecule has 4 heteroatoms. The van der Waals surface area contributed by atoms with Gasteiger partial charge in [-0.1, -0.05) is 28.8 Å². The van der Waals surface area contributed by atoms with E-state index in [0.717, 1.165) is 21.0 Å². The molecule has 1 heterocycles. The second kappa shape index (κ2) is 6.02. The predicted octanol–water partition coefficient (Wildman–Crippen LogP) is 5.85. The van der Waals surface area contributed by atoms with E-state index in [1.165, 1.54) is 42.5 Å². The van der Waals surface area contributed by atoms with Crippen LogP contribution in [0.1, 0.15) is 44.2 Å². The molecular weight excluding hydrogens is 380 g/mol. The van der Waals surface area contributed by atoms with E-state index in [0.29, 0.717) is 5.92 Å². The zero-order chi connectivity index (χ0) is 14.1. The maximum Gasteiger partial charge on any atom is 0.0879 e. The van der Waals surface area contributed by atoms with Gasteiger partial charge in [-0.3, -0.25) is 4.98 Å². The standard InChI is InChI=1S/C16H18Br2N2/c1-2-19-14-9-13(10-5-3-4-6-10)20-16-12(18)8-7-11(17)15(14)16/h7-10H,2-6H2,1H3,(H,19,20). The van der Waals surface area contributed by atoms with Crippen molar-refractivity contribution in [1.82, 2.24) is 4.98 Å². The Kier molecular flexibility index (Phi) is 4.32. The molecule has 0 radical (unpaired) electrons. The Morgan fingerprint density at radius 2 is 1.90 bits per heavy atom. The highest BCUT2D eigenvalue weighted by Crippen LogP contribution is 2.39. The van der Waals surface area contributed by atoms with Gasteiger partial charge in [0, 0.05) is 38.2 Å². The molecule has 1 fully saturated rings. The normalized spacial score (nSPS) is 15.9. The summed E-state index contributed by atoms with van der Waals surface area (Å²) in [6.45, 7) is 3.05. The number of fused-ring (bicyclic) bond motifs is 1. The van der Waals surface area contributed by atoms with Gasteiger partial charge in [0.25, 0.3) is 0 Å². The van der Waals surface area contributed by atoms with Gasteiger partial charge in [-0.2, -0.15) is 0 Å². The van der Waals surface area contributed by atoms with Crippen LogP contribution in [0.25, 0.3) is 10.9 Å². The Labute approximate surface area is 136 Å². The lowest BCUT2D eigenvalue weighted by molar-refractivity contribution is 0.701. The highest BCUT2D eigenvalue weighted by atomic mass is 79.9. The highest BCUT2D eigenvalue weighted by Gasteiger charge is 2.21. The van der Waals surface area contributed by atoms with Gasteiger partial charge in [-0.05, 0) is 53.9 Å². The predicted molar refractivity (Wildman–Crippen MR) is 92.5 cm³/mol. The van der Waals surface area contributed by atoms with Gasteiger partial charge >= 0.3 is 0 Å². The minimum atomic E-state index is 0.627. The summed E-state index contributed by atoms with van der Waals surface area (Å²) in [5, 5.41) is 4.66. The average molecular weight is 398 g/mol. The van der Waals surface area contributed by atoms with Crippen molar-refractivity contribution in [3.05, 3.63) is 32.8 Å². The van der Waals surface area contributed by atoms with E-state index in [9.17, 15) is 0 Å². The quantitative estimate of drug-likeness (QED) is 0.702. The Hall–Kier alpha value is -0.610. The summed E-state index contributed by atoms with van der Waals surface area (Å²) in [7, 11) is 0. The van der Waals surface area contributed by atoms with Crippen molar-refractivity contribution in [3.63, 3.8) is 0 Å². The number of nitrogens with one attached hydrogen (secondary N) is 1. The van der Waals surface area contributed by atoms with Gasteiger partial charge in [-0.25, -0.2) is 0 Å². The number of pyridine rings is 1. The number of hydrogen-bond donors (Lipinski definition) is 1. The van der Waals surface area contributed by atoms with Crippen LogP contribution < -0.4 is 5.32 Å². The van der Waals surface area contributed by atoms with Gasteiger partial charge in [-0.15, -0.1) is 0 Å². The fraction of sp³-hybridized carbons (Fsp3) is 0.438. The number of halogens is 2. The molecule has 0 unspecified atom stereocenters. The molecule has 0 aliphatic heterocycles. The fourth-order valence-corrected chi connectivity index (χ4v) is 4.00. The summed E-state index contributed by atoms with van der Waals surface area (Å²) in [6.07, 6.45) is 5.21. The van der Waals surface area contributed by atoms with Crippen LogP contribution in [-0.4, -0.2) is 11.5 Å². The number of rotatable bonds is 3. The molecule has 1 aromatic carbocycles. The Balaban J connectivity index is 2.21. The number of aromatic nitrogens is 1. The second-order valence-electron chi connectivity index (χ2n) is 5.36. The summed E-state index contributed by atoms with van der Waals surface area (Å²) in [6, 6.07) is 6.39. The summed E-state index contributed by atoms with van der Waals surface area (Å²) in [5.74, 6) is 0.627. The third-order valence-electron chi connectivity index (χ3n) is 4.02. The zero-order valence-corrected chi connectivity index (χ0v) is 14.7. The molecule has 0 saturated heterocycles. The van der Waals surface area contributed by atoms with Gasteiger partial charge < -0.3 is 5.32 Å². The Bertz CT molecular complexity index is 634. The molecule has 20 heavy (non-hydrogen) atoms. The first-order valence-corrected chi connectivity index (χ1v) is 8.82.